The average molecular weight is 404 g/mol. The van der Waals surface area contributed by atoms with Gasteiger partial charge in [0.25, 0.3) is 5.91 Å². The number of hydrogen-bond donors (Lipinski definition) is 1. The zero-order valence-corrected chi connectivity index (χ0v) is 17.2. The van der Waals surface area contributed by atoms with Gasteiger partial charge in [0.1, 0.15) is 6.54 Å². The molecule has 0 saturated carbocycles. The van der Waals surface area contributed by atoms with Gasteiger partial charge in [-0.05, 0) is 57.4 Å². The molecule has 0 aliphatic carbocycles. The minimum atomic E-state index is -0.565. The molecule has 28 heavy (non-hydrogen) atoms. The van der Waals surface area contributed by atoms with Crippen LogP contribution in [0.1, 0.15) is 28.7 Å². The van der Waals surface area contributed by atoms with Crippen molar-refractivity contribution in [3.8, 4) is 0 Å². The van der Waals surface area contributed by atoms with Crippen LogP contribution in [0.25, 0.3) is 0 Å². The van der Waals surface area contributed by atoms with Crippen LogP contribution in [-0.2, 0) is 25.6 Å². The van der Waals surface area contributed by atoms with Crippen LogP contribution in [0, 0.1) is 13.8 Å². The Bertz CT molecular complexity index is 858. The molecule has 1 heterocycles. The number of aryl methyl sites for hydroxylation is 1. The minimum Gasteiger partial charge on any atom is -0.462 e. The van der Waals surface area contributed by atoms with Crippen LogP contribution in [0.4, 0.5) is 5.69 Å². The van der Waals surface area contributed by atoms with Gasteiger partial charge in [0.15, 0.2) is 6.61 Å². The fourth-order valence-electron chi connectivity index (χ4n) is 2.65. The lowest BCUT2D eigenvalue weighted by atomic mass is 10.2. The number of hydrogen-bond acceptors (Lipinski definition) is 6. The molecule has 0 radical (unpaired) electrons. The van der Waals surface area contributed by atoms with Crippen LogP contribution < -0.4 is 5.32 Å². The Labute approximate surface area is 168 Å². The fourth-order valence-corrected chi connectivity index (χ4v) is 3.06. The number of benzene rings is 1. The predicted octanol–water partition coefficient (Wildman–Crippen LogP) is 3.19. The summed E-state index contributed by atoms with van der Waals surface area (Å²) in [5, 5.41) is 2.67. The Morgan fingerprint density at radius 3 is 2.39 bits per heavy atom. The molecule has 0 bridgehead atoms. The fraction of sp³-hybridized carbons (Fsp3) is 0.350. The van der Waals surface area contributed by atoms with E-state index in [9.17, 15) is 14.4 Å². The number of nitrogens with zero attached hydrogens (tertiary/aromatic N) is 1. The van der Waals surface area contributed by atoms with Crippen molar-refractivity contribution in [2.45, 2.75) is 32.2 Å². The van der Waals surface area contributed by atoms with Gasteiger partial charge >= 0.3 is 11.9 Å². The number of esters is 2. The summed E-state index contributed by atoms with van der Waals surface area (Å²) in [6.45, 7) is 5.06. The molecule has 8 heteroatoms. The maximum absolute atomic E-state index is 12.1. The van der Waals surface area contributed by atoms with Crippen molar-refractivity contribution in [2.75, 3.05) is 24.8 Å². The van der Waals surface area contributed by atoms with Gasteiger partial charge in [-0.1, -0.05) is 0 Å². The largest absolute Gasteiger partial charge is 0.462 e. The summed E-state index contributed by atoms with van der Waals surface area (Å²) >= 11 is 1.61. The van der Waals surface area contributed by atoms with Crippen molar-refractivity contribution >= 4 is 35.3 Å². The number of rotatable bonds is 8. The molecule has 1 aromatic carbocycles. The molecule has 2 aromatic rings. The van der Waals surface area contributed by atoms with Gasteiger partial charge in [-0.25, -0.2) is 4.79 Å². The highest BCUT2D eigenvalue weighted by Crippen LogP contribution is 2.18. The first-order chi connectivity index (χ1) is 13.3. The van der Waals surface area contributed by atoms with E-state index >= 15 is 0 Å². The number of anilines is 1. The molecule has 0 unspecified atom stereocenters. The number of amides is 1. The summed E-state index contributed by atoms with van der Waals surface area (Å²) in [4.78, 5) is 37.1. The third kappa shape index (κ3) is 5.63. The van der Waals surface area contributed by atoms with E-state index in [-0.39, 0.29) is 19.8 Å². The standard InChI is InChI=1S/C20H24N2O5S/c1-5-26-20(25)17-10-13(2)22(14(17)3)11-19(24)27-12-18(23)21-15-6-8-16(28-4)9-7-15/h6-10H,5,11-12H2,1-4H3,(H,21,23). The molecule has 7 nitrogen and oxygen atoms in total. The van der Waals surface area contributed by atoms with E-state index in [2.05, 4.69) is 5.32 Å². The van der Waals surface area contributed by atoms with Crippen molar-refractivity contribution in [2.24, 2.45) is 0 Å². The van der Waals surface area contributed by atoms with Gasteiger partial charge in [0.05, 0.1) is 12.2 Å². The third-order valence-corrected chi connectivity index (χ3v) is 4.84. The molecular formula is C20H24N2O5S. The van der Waals surface area contributed by atoms with E-state index in [0.717, 1.165) is 10.6 Å². The number of carbonyl (C=O) groups excluding carboxylic acids is 3. The van der Waals surface area contributed by atoms with Crippen LogP contribution in [0.5, 0.6) is 0 Å². The van der Waals surface area contributed by atoms with Gasteiger partial charge in [-0.15, -0.1) is 11.8 Å². The molecule has 0 spiro atoms. The number of carbonyl (C=O) groups is 3. The normalized spacial score (nSPS) is 10.4. The topological polar surface area (TPSA) is 86.6 Å². The Balaban J connectivity index is 1.89. The van der Waals surface area contributed by atoms with Crippen molar-refractivity contribution < 1.29 is 23.9 Å². The van der Waals surface area contributed by atoms with E-state index in [1.54, 1.807) is 55.3 Å². The molecule has 0 aliphatic rings. The molecule has 1 N–H and O–H groups in total. The maximum atomic E-state index is 12.1. The van der Waals surface area contributed by atoms with Crippen LogP contribution >= 0.6 is 11.8 Å². The second-order valence-electron chi connectivity index (χ2n) is 6.03. The number of ether oxygens (including phenoxy) is 2. The summed E-state index contributed by atoms with van der Waals surface area (Å²) < 4.78 is 11.7. The maximum Gasteiger partial charge on any atom is 0.339 e. The first-order valence-electron chi connectivity index (χ1n) is 8.79. The number of aromatic nitrogens is 1. The zero-order chi connectivity index (χ0) is 20.7. The van der Waals surface area contributed by atoms with E-state index < -0.39 is 17.8 Å². The SMILES string of the molecule is CCOC(=O)c1cc(C)n(CC(=O)OCC(=O)Nc2ccc(SC)cc2)c1C. The Kier molecular flexibility index (Phi) is 7.69. The number of thioether (sulfide) groups is 1. The molecule has 0 aliphatic heterocycles. The summed E-state index contributed by atoms with van der Waals surface area (Å²) in [5.41, 5.74) is 2.40. The van der Waals surface area contributed by atoms with Gasteiger partial charge in [-0.2, -0.15) is 0 Å². The van der Waals surface area contributed by atoms with Gasteiger partial charge in [0, 0.05) is 22.0 Å². The van der Waals surface area contributed by atoms with Crippen LogP contribution in [0.2, 0.25) is 0 Å². The van der Waals surface area contributed by atoms with Crippen molar-refractivity contribution in [1.29, 1.82) is 0 Å². The quantitative estimate of drug-likeness (QED) is 0.537. The lowest BCUT2D eigenvalue weighted by Gasteiger charge is -2.10. The van der Waals surface area contributed by atoms with Crippen molar-refractivity contribution in [3.63, 3.8) is 0 Å². The Morgan fingerprint density at radius 2 is 1.79 bits per heavy atom. The summed E-state index contributed by atoms with van der Waals surface area (Å²) in [7, 11) is 0. The highest BCUT2D eigenvalue weighted by Gasteiger charge is 2.19. The molecular weight excluding hydrogens is 380 g/mol. The lowest BCUT2D eigenvalue weighted by Crippen LogP contribution is -2.23. The van der Waals surface area contributed by atoms with Gasteiger partial charge in [-0.3, -0.25) is 9.59 Å². The average Bonchev–Trinajstić information content (AvgIpc) is 2.95. The first kappa shape index (κ1) is 21.6. The number of nitrogens with one attached hydrogen (secondary N) is 1. The minimum absolute atomic E-state index is 0.0905. The van der Waals surface area contributed by atoms with Crippen LogP contribution in [0.3, 0.4) is 0 Å². The molecule has 150 valence electrons. The summed E-state index contributed by atoms with van der Waals surface area (Å²) in [5.74, 6) is -1.41. The van der Waals surface area contributed by atoms with E-state index in [1.165, 1.54) is 0 Å². The highest BCUT2D eigenvalue weighted by atomic mass is 32.2. The third-order valence-electron chi connectivity index (χ3n) is 4.09. The van der Waals surface area contributed by atoms with Gasteiger partial charge in [0.2, 0.25) is 0 Å². The van der Waals surface area contributed by atoms with Crippen LogP contribution in [-0.4, -0.2) is 41.9 Å². The molecule has 0 fully saturated rings. The molecule has 1 amide bonds. The molecule has 2 rings (SSSR count). The van der Waals surface area contributed by atoms with Crippen molar-refractivity contribution in [1.82, 2.24) is 4.57 Å². The van der Waals surface area contributed by atoms with E-state index in [4.69, 9.17) is 9.47 Å². The lowest BCUT2D eigenvalue weighted by molar-refractivity contribution is -0.147. The highest BCUT2D eigenvalue weighted by molar-refractivity contribution is 7.98. The second kappa shape index (κ2) is 9.98. The van der Waals surface area contributed by atoms with Crippen molar-refractivity contribution in [3.05, 3.63) is 47.3 Å². The smallest absolute Gasteiger partial charge is 0.339 e. The molecule has 0 atom stereocenters. The predicted molar refractivity (Wildman–Crippen MR) is 108 cm³/mol. The monoisotopic (exact) mass is 404 g/mol. The summed E-state index contributed by atoms with van der Waals surface area (Å²) in [6.07, 6.45) is 1.97. The van der Waals surface area contributed by atoms with Gasteiger partial charge < -0.3 is 19.4 Å². The van der Waals surface area contributed by atoms with Crippen LogP contribution in [0.15, 0.2) is 35.2 Å². The Hall–Kier alpha value is -2.74. The van der Waals surface area contributed by atoms with E-state index in [0.29, 0.717) is 16.9 Å². The summed E-state index contributed by atoms with van der Waals surface area (Å²) in [6, 6.07) is 9.03. The molecule has 0 saturated heterocycles. The Morgan fingerprint density at radius 1 is 1.11 bits per heavy atom. The molecule has 1 aromatic heterocycles. The zero-order valence-electron chi connectivity index (χ0n) is 16.4. The van der Waals surface area contributed by atoms with E-state index in [1.807, 2.05) is 18.4 Å². The first-order valence-corrected chi connectivity index (χ1v) is 10.0. The second-order valence-corrected chi connectivity index (χ2v) is 6.91.